The Hall–Kier alpha value is -2.91. The summed E-state index contributed by atoms with van der Waals surface area (Å²) >= 11 is 12.5. The minimum Gasteiger partial charge on any atom is -0.365 e. The zero-order chi connectivity index (χ0) is 30.8. The molecule has 2 aliphatic heterocycles. The van der Waals surface area contributed by atoms with Crippen LogP contribution in [0.15, 0.2) is 72.9 Å². The largest absolute Gasteiger partial charge is 0.365 e. The van der Waals surface area contributed by atoms with E-state index < -0.39 is 12.4 Å². The van der Waals surface area contributed by atoms with Crippen LogP contribution < -0.4 is 15.5 Å². The highest BCUT2D eigenvalue weighted by Gasteiger charge is 2.38. The number of benzene rings is 3. The maximum Gasteiger partial charge on any atom is 0.244 e. The lowest BCUT2D eigenvalue weighted by Crippen LogP contribution is -2.59. The first-order chi connectivity index (χ1) is 21.3. The summed E-state index contributed by atoms with van der Waals surface area (Å²) in [6.45, 7) is 4.90. The van der Waals surface area contributed by atoms with Crippen molar-refractivity contribution in [2.45, 2.75) is 50.4 Å². The Labute approximate surface area is 269 Å². The number of nitrogens with zero attached hydrogens (tertiary/aromatic N) is 2. The molecule has 0 radical (unpaired) electrons. The fourth-order valence-corrected chi connectivity index (χ4v) is 7.39. The number of anilines is 1. The van der Waals surface area contributed by atoms with Crippen molar-refractivity contribution in [2.24, 2.45) is 5.92 Å². The second-order valence-corrected chi connectivity index (χ2v) is 13.2. The summed E-state index contributed by atoms with van der Waals surface area (Å²) < 4.78 is 0. The molecule has 0 bridgehead atoms. The molecule has 4 atom stereocenters. The van der Waals surface area contributed by atoms with E-state index in [9.17, 15) is 9.90 Å². The van der Waals surface area contributed by atoms with E-state index in [1.165, 1.54) is 5.56 Å². The number of nitrogens with one attached hydrogen (secondary N) is 3. The van der Waals surface area contributed by atoms with E-state index in [0.29, 0.717) is 17.5 Å². The normalized spacial score (nSPS) is 19.9. The van der Waals surface area contributed by atoms with E-state index >= 15 is 0 Å². The first-order valence-electron chi connectivity index (χ1n) is 15.6. The van der Waals surface area contributed by atoms with E-state index in [1.807, 2.05) is 71.6 Å². The number of hydrogen-bond acceptors (Lipinski definition) is 5. The zero-order valence-electron chi connectivity index (χ0n) is 25.3. The van der Waals surface area contributed by atoms with Crippen LogP contribution in [0.5, 0.6) is 0 Å². The average molecular weight is 635 g/mol. The van der Waals surface area contributed by atoms with Crippen molar-refractivity contribution >= 4 is 45.7 Å². The Morgan fingerprint density at radius 2 is 1.77 bits per heavy atom. The van der Waals surface area contributed by atoms with Gasteiger partial charge >= 0.3 is 0 Å². The number of halogens is 2. The van der Waals surface area contributed by atoms with Gasteiger partial charge in [-0.2, -0.15) is 0 Å². The topological polar surface area (TPSA) is 83.6 Å². The fraction of sp³-hybridized carbons (Fsp3) is 0.400. The third kappa shape index (κ3) is 6.54. The van der Waals surface area contributed by atoms with Crippen LogP contribution in [-0.4, -0.2) is 66.5 Å². The summed E-state index contributed by atoms with van der Waals surface area (Å²) in [5.74, 6) is 0.387. The van der Waals surface area contributed by atoms with Crippen molar-refractivity contribution < 1.29 is 9.90 Å². The number of hydrogen-bond donors (Lipinski definition) is 4. The Kier molecular flexibility index (Phi) is 9.62. The molecule has 2 aliphatic rings. The molecule has 4 aromatic rings. The van der Waals surface area contributed by atoms with Crippen LogP contribution >= 0.6 is 23.2 Å². The van der Waals surface area contributed by atoms with Crippen LogP contribution in [0.1, 0.15) is 48.3 Å². The molecule has 1 fully saturated rings. The monoisotopic (exact) mass is 633 g/mol. The van der Waals surface area contributed by atoms with Crippen LogP contribution in [0.4, 0.5) is 5.69 Å². The van der Waals surface area contributed by atoms with Gasteiger partial charge in [0.2, 0.25) is 5.91 Å². The number of carbonyl (C=O) groups excluding carboxylic acids is 1. The van der Waals surface area contributed by atoms with Crippen molar-refractivity contribution in [2.75, 3.05) is 38.1 Å². The molecule has 6 rings (SSSR count). The van der Waals surface area contributed by atoms with Gasteiger partial charge in [-0.1, -0.05) is 60.5 Å². The quantitative estimate of drug-likeness (QED) is 0.167. The van der Waals surface area contributed by atoms with E-state index in [1.54, 1.807) is 0 Å². The highest BCUT2D eigenvalue weighted by atomic mass is 35.5. The number of carbonyl (C=O) groups is 1. The highest BCUT2D eigenvalue weighted by Crippen LogP contribution is 2.35. The molecule has 232 valence electrons. The van der Waals surface area contributed by atoms with Gasteiger partial charge in [-0.3, -0.25) is 15.0 Å². The number of H-pyrrole nitrogens is 1. The molecule has 3 heterocycles. The molecule has 9 heteroatoms. The first kappa shape index (κ1) is 31.1. The molecule has 7 nitrogen and oxygen atoms in total. The molecule has 1 aromatic heterocycles. The minimum absolute atomic E-state index is 0.0535. The number of fused-ring (bicyclic) bond motifs is 2. The van der Waals surface area contributed by atoms with Gasteiger partial charge < -0.3 is 20.3 Å². The van der Waals surface area contributed by atoms with E-state index in [-0.39, 0.29) is 17.7 Å². The van der Waals surface area contributed by atoms with Gasteiger partial charge in [0.25, 0.3) is 0 Å². The van der Waals surface area contributed by atoms with Crippen LogP contribution in [0.2, 0.25) is 10.0 Å². The van der Waals surface area contributed by atoms with Gasteiger partial charge in [0.05, 0.1) is 6.04 Å². The lowest BCUT2D eigenvalue weighted by Gasteiger charge is -2.41. The average Bonchev–Trinajstić information content (AvgIpc) is 3.47. The van der Waals surface area contributed by atoms with Crippen molar-refractivity contribution in [1.82, 2.24) is 20.5 Å². The van der Waals surface area contributed by atoms with Gasteiger partial charge in [-0.15, -0.1) is 0 Å². The van der Waals surface area contributed by atoms with E-state index in [2.05, 4.69) is 40.7 Å². The smallest absolute Gasteiger partial charge is 0.244 e. The Morgan fingerprint density at radius 1 is 1.05 bits per heavy atom. The third-order valence-electron chi connectivity index (χ3n) is 9.46. The van der Waals surface area contributed by atoms with Crippen LogP contribution in [0, 0.1) is 5.92 Å². The summed E-state index contributed by atoms with van der Waals surface area (Å²) in [5, 5.41) is 20.8. The van der Waals surface area contributed by atoms with Gasteiger partial charge in [-0.05, 0) is 97.8 Å². The summed E-state index contributed by atoms with van der Waals surface area (Å²) in [6, 6.07) is 21.3. The molecular weight excluding hydrogens is 593 g/mol. The van der Waals surface area contributed by atoms with Crippen LogP contribution in [0.25, 0.3) is 10.9 Å². The molecule has 44 heavy (non-hydrogen) atoms. The second kappa shape index (κ2) is 13.6. The molecule has 1 amide bonds. The zero-order valence-corrected chi connectivity index (χ0v) is 26.8. The molecule has 0 spiro atoms. The number of para-hydroxylation sites is 1. The number of amides is 1. The summed E-state index contributed by atoms with van der Waals surface area (Å²) in [7, 11) is 1.94. The predicted octanol–water partition coefficient (Wildman–Crippen LogP) is 6.12. The number of piperidine rings is 1. The molecule has 1 saturated heterocycles. The Balaban J connectivity index is 1.27. The number of likely N-dealkylation sites (tertiary alicyclic amines) is 1. The maximum atomic E-state index is 14.7. The van der Waals surface area contributed by atoms with Crippen molar-refractivity contribution in [1.29, 1.82) is 0 Å². The summed E-state index contributed by atoms with van der Waals surface area (Å²) in [4.78, 5) is 22.0. The Bertz CT molecular complexity index is 1580. The Morgan fingerprint density at radius 3 is 2.52 bits per heavy atom. The van der Waals surface area contributed by atoms with Crippen molar-refractivity contribution in [3.8, 4) is 0 Å². The number of rotatable bonds is 9. The molecule has 3 aromatic carbocycles. The number of aliphatic hydroxyl groups excluding tert-OH is 1. The highest BCUT2D eigenvalue weighted by molar-refractivity contribution is 6.31. The minimum atomic E-state index is -0.967. The van der Waals surface area contributed by atoms with Gasteiger partial charge in [0.15, 0.2) is 6.35 Å². The van der Waals surface area contributed by atoms with Crippen molar-refractivity contribution in [3.05, 3.63) is 99.7 Å². The first-order valence-corrected chi connectivity index (χ1v) is 16.3. The second-order valence-electron chi connectivity index (χ2n) is 12.3. The molecule has 0 aliphatic carbocycles. The molecule has 0 saturated carbocycles. The lowest BCUT2D eigenvalue weighted by molar-refractivity contribution is -0.124. The maximum absolute atomic E-state index is 14.7. The van der Waals surface area contributed by atoms with Crippen LogP contribution in [-0.2, 0) is 11.2 Å². The van der Waals surface area contributed by atoms with Gasteiger partial charge in [0, 0.05) is 58.4 Å². The predicted molar refractivity (Wildman–Crippen MR) is 180 cm³/mol. The number of aromatic amines is 1. The summed E-state index contributed by atoms with van der Waals surface area (Å²) in [6.07, 6.45) is 3.72. The lowest BCUT2D eigenvalue weighted by atomic mass is 9.88. The molecule has 4 N–H and O–H groups in total. The summed E-state index contributed by atoms with van der Waals surface area (Å²) in [5.41, 5.74) is 5.30. The van der Waals surface area contributed by atoms with Crippen molar-refractivity contribution in [3.63, 3.8) is 0 Å². The fourth-order valence-electron chi connectivity index (χ4n) is 7.07. The van der Waals surface area contributed by atoms with Gasteiger partial charge in [0.1, 0.15) is 0 Å². The van der Waals surface area contributed by atoms with E-state index in [4.69, 9.17) is 23.2 Å². The van der Waals surface area contributed by atoms with Gasteiger partial charge in [-0.25, -0.2) is 0 Å². The SMILES string of the molecule is CNC[C@H]1Cc2cc(Cl)ccc2N(C(=O)C(NC(O)N2CCC(c3ccc(Cl)cc3)CC2)C(C)c2c[nH]c3ccccc23)C1. The number of aromatic nitrogens is 1. The third-order valence-corrected chi connectivity index (χ3v) is 9.95. The van der Waals surface area contributed by atoms with E-state index in [0.717, 1.165) is 71.6 Å². The standard InChI is InChI=1S/C35H41Cl2N5O2/c1-22(30-20-39-31-6-4-3-5-29(30)31)33(34(43)42-21-23(19-38-2)17-26-18-28(37)11-12-32(26)42)40-35(44)41-15-13-25(14-16-41)24-7-9-27(36)10-8-24/h3-12,18,20,22-23,25,33,35,38-40,44H,13-17,19,21H2,1-2H3/t22?,23-,33?,35?/m1/s1. The molecular formula is C35H41Cl2N5O2. The molecule has 3 unspecified atom stereocenters. The number of aliphatic hydroxyl groups is 1. The van der Waals surface area contributed by atoms with Crippen LogP contribution in [0.3, 0.4) is 0 Å².